The fourth-order valence-corrected chi connectivity index (χ4v) is 1.17. The van der Waals surface area contributed by atoms with E-state index in [0.29, 0.717) is 13.1 Å². The molecule has 1 saturated heterocycles. The van der Waals surface area contributed by atoms with Gasteiger partial charge in [-0.25, -0.2) is 8.78 Å². The minimum atomic E-state index is -1.50. The normalized spacial score (nSPS) is 16.3. The molecule has 0 unspecified atom stereocenters. The van der Waals surface area contributed by atoms with Crippen LogP contribution >= 0.6 is 0 Å². The van der Waals surface area contributed by atoms with Crippen molar-refractivity contribution < 1.29 is 22.3 Å². The summed E-state index contributed by atoms with van der Waals surface area (Å²) in [6.45, 7) is 0.800. The zero-order valence-electron chi connectivity index (χ0n) is 7.49. The van der Waals surface area contributed by atoms with Crippen LogP contribution in [-0.2, 0) is 0 Å². The van der Waals surface area contributed by atoms with Gasteiger partial charge in [0.05, 0.1) is 0 Å². The first kappa shape index (κ1) is 10.2. The van der Waals surface area contributed by atoms with Gasteiger partial charge in [0.2, 0.25) is 11.6 Å². The average Bonchev–Trinajstić information content (AvgIpc) is 2.12. The molecule has 0 atom stereocenters. The van der Waals surface area contributed by atoms with Gasteiger partial charge in [0.15, 0.2) is 17.4 Å². The molecule has 0 saturated carbocycles. The van der Waals surface area contributed by atoms with Crippen LogP contribution in [-0.4, -0.2) is 19.2 Å². The van der Waals surface area contributed by atoms with E-state index in [2.05, 4.69) is 5.32 Å². The van der Waals surface area contributed by atoms with Crippen LogP contribution in [0.5, 0.6) is 5.75 Å². The van der Waals surface area contributed by atoms with Gasteiger partial charge in [0.1, 0.15) is 6.10 Å². The predicted octanol–water partition coefficient (Wildman–Crippen LogP) is 1.59. The van der Waals surface area contributed by atoms with Crippen molar-refractivity contribution in [2.75, 3.05) is 13.1 Å². The highest BCUT2D eigenvalue weighted by atomic mass is 19.2. The van der Waals surface area contributed by atoms with Crippen LogP contribution < -0.4 is 10.1 Å². The number of benzene rings is 1. The van der Waals surface area contributed by atoms with Crippen molar-refractivity contribution in [3.63, 3.8) is 0 Å². The molecule has 1 aliphatic rings. The van der Waals surface area contributed by atoms with Gasteiger partial charge in [-0.05, 0) is 0 Å². The van der Waals surface area contributed by atoms with Crippen molar-refractivity contribution in [3.8, 4) is 5.75 Å². The molecule has 0 aromatic heterocycles. The summed E-state index contributed by atoms with van der Waals surface area (Å²) in [6.07, 6.45) is -0.449. The Bertz CT molecular complexity index is 366. The van der Waals surface area contributed by atoms with Crippen LogP contribution in [0.2, 0.25) is 0 Å². The molecule has 0 spiro atoms. The van der Waals surface area contributed by atoms with Crippen LogP contribution in [0.25, 0.3) is 0 Å². The zero-order chi connectivity index (χ0) is 11.0. The molecule has 82 valence electrons. The van der Waals surface area contributed by atoms with Gasteiger partial charge >= 0.3 is 0 Å². The van der Waals surface area contributed by atoms with Crippen LogP contribution in [0.4, 0.5) is 17.6 Å². The van der Waals surface area contributed by atoms with Crippen molar-refractivity contribution in [2.24, 2.45) is 0 Å². The first-order valence-corrected chi connectivity index (χ1v) is 4.30. The van der Waals surface area contributed by atoms with E-state index < -0.39 is 35.1 Å². The Labute approximate surface area is 82.8 Å². The molecule has 2 nitrogen and oxygen atoms in total. The van der Waals surface area contributed by atoms with Gasteiger partial charge in [-0.3, -0.25) is 0 Å². The summed E-state index contributed by atoms with van der Waals surface area (Å²) in [4.78, 5) is 0. The minimum absolute atomic E-state index is 0.149. The Balaban J connectivity index is 2.34. The first-order valence-electron chi connectivity index (χ1n) is 4.30. The Morgan fingerprint density at radius 2 is 1.60 bits per heavy atom. The maximum Gasteiger partial charge on any atom is 0.203 e. The summed E-state index contributed by atoms with van der Waals surface area (Å²) in [5, 5.41) is 2.79. The number of ether oxygens (including phenoxy) is 1. The summed E-state index contributed by atoms with van der Waals surface area (Å²) < 4.78 is 56.3. The van der Waals surface area contributed by atoms with Gasteiger partial charge in [0.25, 0.3) is 0 Å². The van der Waals surface area contributed by atoms with Gasteiger partial charge in [0, 0.05) is 19.2 Å². The Morgan fingerprint density at radius 3 is 2.00 bits per heavy atom. The van der Waals surface area contributed by atoms with Crippen molar-refractivity contribution in [1.82, 2.24) is 5.32 Å². The van der Waals surface area contributed by atoms with Crippen molar-refractivity contribution in [2.45, 2.75) is 6.10 Å². The third-order valence-corrected chi connectivity index (χ3v) is 2.10. The molecule has 1 fully saturated rings. The molecule has 15 heavy (non-hydrogen) atoms. The Hall–Kier alpha value is -1.30. The van der Waals surface area contributed by atoms with Gasteiger partial charge in [-0.2, -0.15) is 8.78 Å². The molecule has 1 aromatic carbocycles. The maximum atomic E-state index is 13.0. The highest BCUT2D eigenvalue weighted by Gasteiger charge is 2.26. The average molecular weight is 221 g/mol. The molecule has 1 aromatic rings. The lowest BCUT2D eigenvalue weighted by molar-refractivity contribution is 0.127. The smallest absolute Gasteiger partial charge is 0.203 e. The summed E-state index contributed by atoms with van der Waals surface area (Å²) >= 11 is 0. The fourth-order valence-electron chi connectivity index (χ4n) is 1.17. The number of hydrogen-bond donors (Lipinski definition) is 1. The molecule has 0 radical (unpaired) electrons. The highest BCUT2D eigenvalue weighted by Crippen LogP contribution is 2.27. The first-order chi connectivity index (χ1) is 7.09. The van der Waals surface area contributed by atoms with E-state index in [9.17, 15) is 17.6 Å². The van der Waals surface area contributed by atoms with E-state index in [1.807, 2.05) is 0 Å². The Kier molecular flexibility index (Phi) is 2.52. The van der Waals surface area contributed by atoms with Crippen molar-refractivity contribution in [1.29, 1.82) is 0 Å². The number of rotatable bonds is 2. The molecule has 1 aliphatic heterocycles. The second-order valence-electron chi connectivity index (χ2n) is 3.20. The Morgan fingerprint density at radius 1 is 1.07 bits per heavy atom. The summed E-state index contributed by atoms with van der Waals surface area (Å²) in [6, 6.07) is 0.149. The third kappa shape index (κ3) is 1.77. The van der Waals surface area contributed by atoms with Crippen LogP contribution in [0.1, 0.15) is 0 Å². The fraction of sp³-hybridized carbons (Fsp3) is 0.333. The topological polar surface area (TPSA) is 21.3 Å². The molecule has 1 N–H and O–H groups in total. The standard InChI is InChI=1S/C9H7F4NO/c10-5-1-6(11)8(13)9(7(5)12)15-4-2-14-3-4/h1,4,14H,2-3H2. The molecule has 6 heteroatoms. The van der Waals surface area contributed by atoms with Crippen LogP contribution in [0, 0.1) is 23.3 Å². The third-order valence-electron chi connectivity index (χ3n) is 2.10. The van der Waals surface area contributed by atoms with E-state index >= 15 is 0 Å². The predicted molar refractivity (Wildman–Crippen MR) is 43.6 cm³/mol. The SMILES string of the molecule is Fc1cc(F)c(F)c(OC2CNC2)c1F. The molecule has 0 bridgehead atoms. The summed E-state index contributed by atoms with van der Waals surface area (Å²) in [5.74, 6) is -6.91. The van der Waals surface area contributed by atoms with Crippen molar-refractivity contribution in [3.05, 3.63) is 29.3 Å². The quantitative estimate of drug-likeness (QED) is 0.605. The van der Waals surface area contributed by atoms with Gasteiger partial charge in [-0.15, -0.1) is 0 Å². The number of halogens is 4. The minimum Gasteiger partial charge on any atom is -0.482 e. The molecule has 2 rings (SSSR count). The lowest BCUT2D eigenvalue weighted by Gasteiger charge is -2.28. The zero-order valence-corrected chi connectivity index (χ0v) is 7.49. The van der Waals surface area contributed by atoms with E-state index in [-0.39, 0.29) is 6.07 Å². The van der Waals surface area contributed by atoms with E-state index in [0.717, 1.165) is 0 Å². The lowest BCUT2D eigenvalue weighted by atomic mass is 10.2. The van der Waals surface area contributed by atoms with E-state index in [4.69, 9.17) is 4.74 Å². The van der Waals surface area contributed by atoms with Gasteiger partial charge < -0.3 is 10.1 Å². The van der Waals surface area contributed by atoms with Crippen LogP contribution in [0.3, 0.4) is 0 Å². The maximum absolute atomic E-state index is 13.0. The summed E-state index contributed by atoms with van der Waals surface area (Å²) in [5.41, 5.74) is 0. The largest absolute Gasteiger partial charge is 0.482 e. The molecular formula is C9H7F4NO. The second-order valence-corrected chi connectivity index (χ2v) is 3.20. The molecule has 1 heterocycles. The highest BCUT2D eigenvalue weighted by molar-refractivity contribution is 5.29. The molecular weight excluding hydrogens is 214 g/mol. The van der Waals surface area contributed by atoms with Gasteiger partial charge in [-0.1, -0.05) is 0 Å². The summed E-state index contributed by atoms with van der Waals surface area (Å²) in [7, 11) is 0. The molecule has 0 aliphatic carbocycles. The monoisotopic (exact) mass is 221 g/mol. The number of hydrogen-bond acceptors (Lipinski definition) is 2. The number of nitrogens with one attached hydrogen (secondary N) is 1. The van der Waals surface area contributed by atoms with Crippen molar-refractivity contribution >= 4 is 0 Å². The second kappa shape index (κ2) is 3.69. The van der Waals surface area contributed by atoms with E-state index in [1.54, 1.807) is 0 Å². The lowest BCUT2D eigenvalue weighted by Crippen LogP contribution is -2.50. The molecule has 0 amide bonds. The van der Waals surface area contributed by atoms with E-state index in [1.165, 1.54) is 0 Å². The van der Waals surface area contributed by atoms with Crippen LogP contribution in [0.15, 0.2) is 6.07 Å².